The topological polar surface area (TPSA) is 79.3 Å². The summed E-state index contributed by atoms with van der Waals surface area (Å²) in [5.41, 5.74) is 0.418. The van der Waals surface area contributed by atoms with E-state index in [1.54, 1.807) is 29.1 Å². The Hall–Kier alpha value is -2.74. The van der Waals surface area contributed by atoms with E-state index in [0.29, 0.717) is 12.4 Å². The molecule has 2 rings (SSSR count). The summed E-state index contributed by atoms with van der Waals surface area (Å²) in [5, 5.41) is 9.32. The van der Waals surface area contributed by atoms with Gasteiger partial charge in [-0.2, -0.15) is 5.10 Å². The van der Waals surface area contributed by atoms with Crippen LogP contribution in [0.25, 0.3) is 0 Å². The first-order valence-electron chi connectivity index (χ1n) is 8.71. The van der Waals surface area contributed by atoms with Gasteiger partial charge in [0.15, 0.2) is 5.82 Å². The van der Waals surface area contributed by atoms with E-state index < -0.39 is 17.2 Å². The number of carbonyl (C=O) groups excluding carboxylic acids is 2. The summed E-state index contributed by atoms with van der Waals surface area (Å²) >= 11 is 0. The number of nitrogens with one attached hydrogen (secondary N) is 2. The summed E-state index contributed by atoms with van der Waals surface area (Å²) in [6.45, 7) is 5.55. The fourth-order valence-electron chi connectivity index (χ4n) is 2.41. The minimum absolute atomic E-state index is 0.238. The molecule has 0 spiro atoms. The number of anilines is 1. The minimum Gasteiger partial charge on any atom is -0.347 e. The summed E-state index contributed by atoms with van der Waals surface area (Å²) in [5.74, 6) is -1.51. The van der Waals surface area contributed by atoms with Gasteiger partial charge in [-0.05, 0) is 31.8 Å². The van der Waals surface area contributed by atoms with Crippen molar-refractivity contribution in [3.8, 4) is 0 Å². The van der Waals surface area contributed by atoms with E-state index in [1.165, 1.54) is 12.1 Å². The Morgan fingerprint density at radius 3 is 2.44 bits per heavy atom. The first-order chi connectivity index (χ1) is 12.7. The molecule has 1 heterocycles. The molecule has 0 radical (unpaired) electrons. The number of aromatic nitrogens is 2. The van der Waals surface area contributed by atoms with E-state index in [9.17, 15) is 14.0 Å². The normalized spacial score (nSPS) is 11.5. The molecule has 2 aromatic rings. The first kappa shape index (κ1) is 20.6. The standard InChI is InChI=1S/C19H26FN5O2/c1-19(2,14-5-7-15(20)8-6-14)13-21-17(26)18(27)22-16-9-10-25(23-16)12-11-24(3)4/h5-10H,11-13H2,1-4H3,(H,21,26)(H,22,23,27). The minimum atomic E-state index is -0.775. The lowest BCUT2D eigenvalue weighted by atomic mass is 9.84. The number of likely N-dealkylation sites (N-methyl/N-ethyl adjacent to an activating group) is 1. The zero-order valence-corrected chi connectivity index (χ0v) is 16.1. The molecule has 0 fully saturated rings. The number of amides is 2. The third-order valence-electron chi connectivity index (χ3n) is 4.18. The number of halogens is 1. The summed E-state index contributed by atoms with van der Waals surface area (Å²) < 4.78 is 14.8. The van der Waals surface area contributed by atoms with Crippen LogP contribution in [0, 0.1) is 5.82 Å². The van der Waals surface area contributed by atoms with Gasteiger partial charge in [0, 0.05) is 30.8 Å². The molecule has 0 bridgehead atoms. The Kier molecular flexibility index (Phi) is 6.68. The Balaban J connectivity index is 1.86. The quantitative estimate of drug-likeness (QED) is 0.721. The largest absolute Gasteiger partial charge is 0.347 e. The van der Waals surface area contributed by atoms with Gasteiger partial charge in [-0.1, -0.05) is 26.0 Å². The number of carbonyl (C=O) groups is 2. The van der Waals surface area contributed by atoms with Crippen molar-refractivity contribution >= 4 is 17.6 Å². The number of hydrogen-bond donors (Lipinski definition) is 2. The second-order valence-electron chi connectivity index (χ2n) is 7.29. The molecule has 8 heteroatoms. The molecule has 1 aromatic carbocycles. The van der Waals surface area contributed by atoms with Crippen LogP contribution in [-0.4, -0.2) is 53.7 Å². The zero-order valence-electron chi connectivity index (χ0n) is 16.1. The maximum atomic E-state index is 13.1. The van der Waals surface area contributed by atoms with Gasteiger partial charge in [0.05, 0.1) is 6.54 Å². The van der Waals surface area contributed by atoms with Crippen molar-refractivity contribution in [3.05, 3.63) is 47.9 Å². The van der Waals surface area contributed by atoms with Crippen molar-refractivity contribution < 1.29 is 14.0 Å². The molecule has 146 valence electrons. The molecule has 0 saturated carbocycles. The molecule has 2 amide bonds. The average Bonchev–Trinajstić information content (AvgIpc) is 3.05. The van der Waals surface area contributed by atoms with Crippen LogP contribution in [0.2, 0.25) is 0 Å². The van der Waals surface area contributed by atoms with Crippen LogP contribution in [0.3, 0.4) is 0 Å². The van der Waals surface area contributed by atoms with Crippen LogP contribution in [0.5, 0.6) is 0 Å². The fourth-order valence-corrected chi connectivity index (χ4v) is 2.41. The summed E-state index contributed by atoms with van der Waals surface area (Å²) in [6, 6.07) is 7.73. The SMILES string of the molecule is CN(C)CCn1ccc(NC(=O)C(=O)NCC(C)(C)c2ccc(F)cc2)n1. The molecular weight excluding hydrogens is 349 g/mol. The smallest absolute Gasteiger partial charge is 0.314 e. The van der Waals surface area contributed by atoms with Crippen LogP contribution >= 0.6 is 0 Å². The lowest BCUT2D eigenvalue weighted by Crippen LogP contribution is -2.42. The predicted molar refractivity (Wildman–Crippen MR) is 102 cm³/mol. The van der Waals surface area contributed by atoms with Crippen molar-refractivity contribution in [1.82, 2.24) is 20.0 Å². The van der Waals surface area contributed by atoms with Crippen LogP contribution in [0.1, 0.15) is 19.4 Å². The molecule has 0 atom stereocenters. The second kappa shape index (κ2) is 8.77. The fraction of sp³-hybridized carbons (Fsp3) is 0.421. The van der Waals surface area contributed by atoms with Gasteiger partial charge in [-0.25, -0.2) is 4.39 Å². The zero-order chi connectivity index (χ0) is 20.0. The third-order valence-corrected chi connectivity index (χ3v) is 4.18. The van der Waals surface area contributed by atoms with Crippen LogP contribution in [-0.2, 0) is 21.5 Å². The van der Waals surface area contributed by atoms with Crippen molar-refractivity contribution in [1.29, 1.82) is 0 Å². The average molecular weight is 375 g/mol. The van der Waals surface area contributed by atoms with Gasteiger partial charge in [-0.3, -0.25) is 14.3 Å². The lowest BCUT2D eigenvalue weighted by Gasteiger charge is -2.25. The van der Waals surface area contributed by atoms with E-state index in [-0.39, 0.29) is 12.4 Å². The van der Waals surface area contributed by atoms with Gasteiger partial charge in [0.25, 0.3) is 0 Å². The Morgan fingerprint density at radius 2 is 1.81 bits per heavy atom. The highest BCUT2D eigenvalue weighted by Crippen LogP contribution is 2.22. The monoisotopic (exact) mass is 375 g/mol. The van der Waals surface area contributed by atoms with Crippen molar-refractivity contribution in [2.45, 2.75) is 25.8 Å². The second-order valence-corrected chi connectivity index (χ2v) is 7.29. The van der Waals surface area contributed by atoms with Crippen LogP contribution in [0.4, 0.5) is 10.2 Å². The first-order valence-corrected chi connectivity index (χ1v) is 8.71. The molecule has 0 unspecified atom stereocenters. The molecule has 1 aromatic heterocycles. The Labute approximate surface area is 158 Å². The van der Waals surface area contributed by atoms with Crippen molar-refractivity contribution in [2.24, 2.45) is 0 Å². The Morgan fingerprint density at radius 1 is 1.15 bits per heavy atom. The maximum Gasteiger partial charge on any atom is 0.314 e. The van der Waals surface area contributed by atoms with Gasteiger partial charge in [0.1, 0.15) is 5.82 Å². The molecule has 0 aliphatic heterocycles. The number of rotatable bonds is 7. The highest BCUT2D eigenvalue weighted by Gasteiger charge is 2.23. The van der Waals surface area contributed by atoms with Crippen LogP contribution < -0.4 is 10.6 Å². The third kappa shape index (κ3) is 6.18. The van der Waals surface area contributed by atoms with Gasteiger partial charge >= 0.3 is 11.8 Å². The molecule has 2 N–H and O–H groups in total. The number of nitrogens with zero attached hydrogens (tertiary/aromatic N) is 3. The number of hydrogen-bond acceptors (Lipinski definition) is 4. The summed E-state index contributed by atoms with van der Waals surface area (Å²) in [6.07, 6.45) is 1.74. The molecular formula is C19H26FN5O2. The molecule has 27 heavy (non-hydrogen) atoms. The summed E-state index contributed by atoms with van der Waals surface area (Å²) in [7, 11) is 3.92. The lowest BCUT2D eigenvalue weighted by molar-refractivity contribution is -0.136. The number of benzene rings is 1. The van der Waals surface area contributed by atoms with Crippen molar-refractivity contribution in [2.75, 3.05) is 32.5 Å². The molecule has 7 nitrogen and oxygen atoms in total. The summed E-state index contributed by atoms with van der Waals surface area (Å²) in [4.78, 5) is 26.2. The van der Waals surface area contributed by atoms with E-state index in [0.717, 1.165) is 12.1 Å². The van der Waals surface area contributed by atoms with Gasteiger partial charge < -0.3 is 15.5 Å². The Bertz CT molecular complexity index is 784. The molecule has 0 saturated heterocycles. The van der Waals surface area contributed by atoms with E-state index in [2.05, 4.69) is 15.7 Å². The van der Waals surface area contributed by atoms with Gasteiger partial charge in [0.2, 0.25) is 0 Å². The molecule has 0 aliphatic rings. The van der Waals surface area contributed by atoms with E-state index in [4.69, 9.17) is 0 Å². The maximum absolute atomic E-state index is 13.1. The highest BCUT2D eigenvalue weighted by atomic mass is 19.1. The molecule has 0 aliphatic carbocycles. The highest BCUT2D eigenvalue weighted by molar-refractivity contribution is 6.39. The van der Waals surface area contributed by atoms with E-state index >= 15 is 0 Å². The van der Waals surface area contributed by atoms with Crippen molar-refractivity contribution in [3.63, 3.8) is 0 Å². The van der Waals surface area contributed by atoms with Gasteiger partial charge in [-0.15, -0.1) is 0 Å². The van der Waals surface area contributed by atoms with Crippen LogP contribution in [0.15, 0.2) is 36.5 Å². The predicted octanol–water partition coefficient (Wildman–Crippen LogP) is 1.62. The van der Waals surface area contributed by atoms with E-state index in [1.807, 2.05) is 32.8 Å².